The number of amides is 2. The molecule has 5 rings (SSSR count). The Hall–Kier alpha value is -3.98. The molecule has 3 atom stereocenters. The zero-order valence-corrected chi connectivity index (χ0v) is 20.7. The number of hydrogen-bond acceptors (Lipinski definition) is 6. The number of nitrogens with zero attached hydrogens (tertiary/aromatic N) is 1. The second kappa shape index (κ2) is 9.58. The minimum atomic E-state index is -0.356. The van der Waals surface area contributed by atoms with E-state index < -0.39 is 0 Å². The van der Waals surface area contributed by atoms with E-state index in [1.807, 2.05) is 12.1 Å². The number of aromatic nitrogens is 1. The lowest BCUT2D eigenvalue weighted by atomic mass is 9.93. The number of H-pyrrole nitrogens is 1. The lowest BCUT2D eigenvalue weighted by Crippen LogP contribution is -2.46. The van der Waals surface area contributed by atoms with Crippen LogP contribution in [0.15, 0.2) is 89.0 Å². The Morgan fingerprint density at radius 3 is 2.78 bits per heavy atom. The quantitative estimate of drug-likeness (QED) is 0.436. The van der Waals surface area contributed by atoms with E-state index in [1.54, 1.807) is 6.20 Å². The molecule has 0 saturated carbocycles. The molecule has 1 aliphatic carbocycles. The molecule has 4 aliphatic rings. The molecule has 1 aromatic heterocycles. The second-order valence-corrected chi connectivity index (χ2v) is 10.3. The predicted molar refractivity (Wildman–Crippen MR) is 138 cm³/mol. The SMILES string of the molecule is CC(C)(C)C1=CC(NC(=O)NCC2=CCC(C3=CNC4C=C(c5ccc(=O)[nH]c5)C=CN34)C=C2)NO1. The Morgan fingerprint density at radius 1 is 1.22 bits per heavy atom. The number of hydroxylamine groups is 1. The molecule has 9 heteroatoms. The number of carbonyl (C=O) groups is 1. The maximum atomic E-state index is 12.3. The molecular weight excluding hydrogens is 456 g/mol. The van der Waals surface area contributed by atoms with Crippen LogP contribution in [0.1, 0.15) is 32.8 Å². The fourth-order valence-electron chi connectivity index (χ4n) is 4.47. The normalized spacial score (nSPS) is 24.6. The first-order valence-electron chi connectivity index (χ1n) is 12.2. The fraction of sp³-hybridized carbons (Fsp3) is 0.333. The average molecular weight is 489 g/mol. The minimum absolute atomic E-state index is 0.0390. The molecule has 0 bridgehead atoms. The van der Waals surface area contributed by atoms with Crippen molar-refractivity contribution in [1.82, 2.24) is 31.3 Å². The average Bonchev–Trinajstić information content (AvgIpc) is 3.50. The fourth-order valence-corrected chi connectivity index (χ4v) is 4.47. The molecule has 0 saturated heterocycles. The highest BCUT2D eigenvalue weighted by Gasteiger charge is 2.30. The number of fused-ring (bicyclic) bond motifs is 1. The van der Waals surface area contributed by atoms with E-state index in [0.29, 0.717) is 6.54 Å². The standard InChI is InChI=1S/C27H32N6O3/c1-27(2,3)22-13-23(32-36-22)31-26(35)30-14-17-4-6-18(7-5-17)21-16-28-24-12-19(10-11-33(21)24)20-8-9-25(34)29-15-20/h4-6,8-13,15-16,18,23-24,28,32H,7,14H2,1-3H3,(H,29,34)(H2,30,31,35). The third-order valence-electron chi connectivity index (χ3n) is 6.52. The first kappa shape index (κ1) is 23.7. The van der Waals surface area contributed by atoms with Crippen LogP contribution in [0.3, 0.4) is 0 Å². The van der Waals surface area contributed by atoms with Gasteiger partial charge in [0.15, 0.2) is 0 Å². The highest BCUT2D eigenvalue weighted by Crippen LogP contribution is 2.33. The smallest absolute Gasteiger partial charge is 0.316 e. The topological polar surface area (TPSA) is 111 Å². The number of allylic oxidation sites excluding steroid dienone is 5. The van der Waals surface area contributed by atoms with E-state index in [-0.39, 0.29) is 35.3 Å². The summed E-state index contributed by atoms with van der Waals surface area (Å²) in [5.41, 5.74) is 6.89. The van der Waals surface area contributed by atoms with Gasteiger partial charge < -0.3 is 30.7 Å². The van der Waals surface area contributed by atoms with Gasteiger partial charge >= 0.3 is 6.03 Å². The van der Waals surface area contributed by atoms with Crippen LogP contribution in [0.5, 0.6) is 0 Å². The summed E-state index contributed by atoms with van der Waals surface area (Å²) in [6, 6.07) is 3.11. The largest absolute Gasteiger partial charge is 0.410 e. The van der Waals surface area contributed by atoms with Crippen molar-refractivity contribution in [2.75, 3.05) is 6.54 Å². The zero-order valence-electron chi connectivity index (χ0n) is 20.7. The van der Waals surface area contributed by atoms with Gasteiger partial charge in [-0.15, -0.1) is 5.48 Å². The summed E-state index contributed by atoms with van der Waals surface area (Å²) in [5, 5.41) is 9.21. The molecule has 0 fully saturated rings. The zero-order chi connectivity index (χ0) is 25.3. The molecule has 9 nitrogen and oxygen atoms in total. The van der Waals surface area contributed by atoms with Gasteiger partial charge in [-0.05, 0) is 47.4 Å². The van der Waals surface area contributed by atoms with E-state index in [2.05, 4.69) is 94.9 Å². The summed E-state index contributed by atoms with van der Waals surface area (Å²) < 4.78 is 0. The van der Waals surface area contributed by atoms with Crippen LogP contribution in [0, 0.1) is 11.3 Å². The van der Waals surface area contributed by atoms with Crippen LogP contribution < -0.4 is 27.0 Å². The Balaban J connectivity index is 1.11. The van der Waals surface area contributed by atoms with Crippen LogP contribution in [-0.4, -0.2) is 34.8 Å². The minimum Gasteiger partial charge on any atom is -0.410 e. The Morgan fingerprint density at radius 2 is 2.08 bits per heavy atom. The lowest BCUT2D eigenvalue weighted by Gasteiger charge is -2.30. The highest BCUT2D eigenvalue weighted by molar-refractivity contribution is 5.75. The second-order valence-electron chi connectivity index (χ2n) is 10.3. The summed E-state index contributed by atoms with van der Waals surface area (Å²) >= 11 is 0. The molecule has 0 spiro atoms. The summed E-state index contributed by atoms with van der Waals surface area (Å²) in [5.74, 6) is 1.05. The van der Waals surface area contributed by atoms with Crippen LogP contribution >= 0.6 is 0 Å². The van der Waals surface area contributed by atoms with Crippen molar-refractivity contribution in [2.45, 2.75) is 39.5 Å². The van der Waals surface area contributed by atoms with E-state index in [4.69, 9.17) is 4.84 Å². The number of hydrogen-bond donors (Lipinski definition) is 5. The van der Waals surface area contributed by atoms with Crippen molar-refractivity contribution < 1.29 is 9.63 Å². The predicted octanol–water partition coefficient (Wildman–Crippen LogP) is 2.95. The van der Waals surface area contributed by atoms with Gasteiger partial charge in [-0.1, -0.05) is 39.0 Å². The van der Waals surface area contributed by atoms with Crippen LogP contribution in [-0.2, 0) is 4.84 Å². The van der Waals surface area contributed by atoms with Crippen molar-refractivity contribution >= 4 is 11.6 Å². The molecule has 3 unspecified atom stereocenters. The van der Waals surface area contributed by atoms with Gasteiger partial charge in [0.05, 0.1) is 0 Å². The number of carbonyl (C=O) groups excluding carboxylic acids is 1. The summed E-state index contributed by atoms with van der Waals surface area (Å²) in [6.07, 6.45) is 18.9. The maximum absolute atomic E-state index is 12.3. The summed E-state index contributed by atoms with van der Waals surface area (Å²) in [7, 11) is 0. The van der Waals surface area contributed by atoms with Gasteiger partial charge in [-0.25, -0.2) is 4.79 Å². The van der Waals surface area contributed by atoms with E-state index in [9.17, 15) is 9.59 Å². The van der Waals surface area contributed by atoms with E-state index >= 15 is 0 Å². The molecule has 2 amide bonds. The van der Waals surface area contributed by atoms with Gasteiger partial charge in [-0.3, -0.25) is 4.79 Å². The van der Waals surface area contributed by atoms with Gasteiger partial charge in [0.2, 0.25) is 5.56 Å². The maximum Gasteiger partial charge on any atom is 0.316 e. The lowest BCUT2D eigenvalue weighted by molar-refractivity contribution is 0.0750. The van der Waals surface area contributed by atoms with E-state index in [1.165, 1.54) is 11.8 Å². The number of nitrogens with one attached hydrogen (secondary N) is 5. The van der Waals surface area contributed by atoms with Crippen molar-refractivity contribution in [3.05, 3.63) is 100 Å². The van der Waals surface area contributed by atoms with Crippen molar-refractivity contribution in [3.8, 4) is 0 Å². The first-order valence-corrected chi connectivity index (χ1v) is 12.2. The molecule has 188 valence electrons. The van der Waals surface area contributed by atoms with Gasteiger partial charge in [0.1, 0.15) is 18.1 Å². The molecule has 36 heavy (non-hydrogen) atoms. The molecule has 5 N–H and O–H groups in total. The van der Waals surface area contributed by atoms with E-state index in [0.717, 1.165) is 28.9 Å². The van der Waals surface area contributed by atoms with Crippen molar-refractivity contribution in [2.24, 2.45) is 11.3 Å². The molecule has 1 aromatic rings. The number of rotatable bonds is 5. The monoisotopic (exact) mass is 488 g/mol. The van der Waals surface area contributed by atoms with Crippen LogP contribution in [0.4, 0.5) is 4.79 Å². The third-order valence-corrected chi connectivity index (χ3v) is 6.52. The third kappa shape index (κ3) is 5.16. The molecule has 0 aromatic carbocycles. The van der Waals surface area contributed by atoms with Gasteiger partial charge in [-0.2, -0.15) is 0 Å². The Bertz CT molecular complexity index is 1260. The van der Waals surface area contributed by atoms with Crippen molar-refractivity contribution in [1.29, 1.82) is 0 Å². The highest BCUT2D eigenvalue weighted by atomic mass is 16.7. The molecule has 0 radical (unpaired) electrons. The molecule has 3 aliphatic heterocycles. The number of pyridine rings is 1. The Labute approximate surface area is 210 Å². The van der Waals surface area contributed by atoms with Crippen LogP contribution in [0.2, 0.25) is 0 Å². The molecule has 4 heterocycles. The molecular formula is C27H32N6O3. The first-order chi connectivity index (χ1) is 17.3. The van der Waals surface area contributed by atoms with Gasteiger partial charge in [0.25, 0.3) is 0 Å². The Kier molecular flexibility index (Phi) is 6.32. The van der Waals surface area contributed by atoms with Crippen LogP contribution in [0.25, 0.3) is 5.57 Å². The van der Waals surface area contributed by atoms with Gasteiger partial charge in [0, 0.05) is 48.2 Å². The van der Waals surface area contributed by atoms with Crippen molar-refractivity contribution in [3.63, 3.8) is 0 Å². The number of aromatic amines is 1. The summed E-state index contributed by atoms with van der Waals surface area (Å²) in [4.78, 5) is 34.1. The number of urea groups is 1. The summed E-state index contributed by atoms with van der Waals surface area (Å²) in [6.45, 7) is 6.62.